The Balaban J connectivity index is 2.09. The lowest BCUT2D eigenvalue weighted by Gasteiger charge is -2.26. The summed E-state index contributed by atoms with van der Waals surface area (Å²) in [6.07, 6.45) is 14.1. The molecule has 0 aromatic heterocycles. The standard InChI is InChI=1S/C13H25N/c1-3-4-5-6-7-10-13-11-8-9-12(2)14-13/h7,10,12-14H,3-6,8-9,11H2,1-2H3. The largest absolute Gasteiger partial charge is 0.308 e. The maximum absolute atomic E-state index is 3.62. The van der Waals surface area contributed by atoms with Gasteiger partial charge < -0.3 is 5.32 Å². The summed E-state index contributed by atoms with van der Waals surface area (Å²) >= 11 is 0. The van der Waals surface area contributed by atoms with Crippen LogP contribution in [0, 0.1) is 0 Å². The van der Waals surface area contributed by atoms with E-state index in [1.165, 1.54) is 44.9 Å². The van der Waals surface area contributed by atoms with Gasteiger partial charge in [0.15, 0.2) is 0 Å². The number of hydrogen-bond donors (Lipinski definition) is 1. The number of nitrogens with one attached hydrogen (secondary N) is 1. The normalized spacial score (nSPS) is 28.4. The van der Waals surface area contributed by atoms with E-state index in [1.807, 2.05) is 0 Å². The van der Waals surface area contributed by atoms with Gasteiger partial charge in [0, 0.05) is 12.1 Å². The molecule has 1 fully saturated rings. The van der Waals surface area contributed by atoms with Crippen LogP contribution in [0.3, 0.4) is 0 Å². The van der Waals surface area contributed by atoms with Gasteiger partial charge >= 0.3 is 0 Å². The first-order chi connectivity index (χ1) is 6.83. The van der Waals surface area contributed by atoms with Crippen LogP contribution in [0.15, 0.2) is 12.2 Å². The van der Waals surface area contributed by atoms with Gasteiger partial charge in [-0.2, -0.15) is 0 Å². The third-order valence-electron chi connectivity index (χ3n) is 2.99. The highest BCUT2D eigenvalue weighted by Gasteiger charge is 2.14. The van der Waals surface area contributed by atoms with Crippen molar-refractivity contribution in [1.82, 2.24) is 5.32 Å². The fraction of sp³-hybridized carbons (Fsp3) is 0.846. The second kappa shape index (κ2) is 7.05. The van der Waals surface area contributed by atoms with Crippen LogP contribution in [0.1, 0.15) is 58.8 Å². The van der Waals surface area contributed by atoms with Gasteiger partial charge in [-0.05, 0) is 32.6 Å². The third kappa shape index (κ3) is 4.80. The molecule has 1 saturated heterocycles. The van der Waals surface area contributed by atoms with E-state index in [-0.39, 0.29) is 0 Å². The first-order valence-electron chi connectivity index (χ1n) is 6.25. The Bertz CT molecular complexity index is 163. The molecule has 1 aliphatic heterocycles. The van der Waals surface area contributed by atoms with Crippen molar-refractivity contribution in [3.63, 3.8) is 0 Å². The molecule has 1 heteroatoms. The smallest absolute Gasteiger partial charge is 0.0252 e. The molecule has 0 amide bonds. The summed E-state index contributed by atoms with van der Waals surface area (Å²) in [5.41, 5.74) is 0. The van der Waals surface area contributed by atoms with Gasteiger partial charge in [0.2, 0.25) is 0 Å². The fourth-order valence-corrected chi connectivity index (χ4v) is 2.10. The summed E-state index contributed by atoms with van der Waals surface area (Å²) in [4.78, 5) is 0. The minimum absolute atomic E-state index is 0.653. The second-order valence-corrected chi connectivity index (χ2v) is 4.53. The molecule has 2 atom stereocenters. The van der Waals surface area contributed by atoms with E-state index in [2.05, 4.69) is 31.3 Å². The molecule has 0 radical (unpaired) electrons. The quantitative estimate of drug-likeness (QED) is 0.521. The second-order valence-electron chi connectivity index (χ2n) is 4.53. The highest BCUT2D eigenvalue weighted by molar-refractivity contribution is 4.96. The Kier molecular flexibility index (Phi) is 5.93. The first-order valence-corrected chi connectivity index (χ1v) is 6.25. The predicted octanol–water partition coefficient (Wildman–Crippen LogP) is 3.65. The molecule has 1 nitrogen and oxygen atoms in total. The molecule has 0 aromatic rings. The summed E-state index contributed by atoms with van der Waals surface area (Å²) in [7, 11) is 0. The van der Waals surface area contributed by atoms with Crippen LogP contribution in [0.5, 0.6) is 0 Å². The minimum atomic E-state index is 0.653. The van der Waals surface area contributed by atoms with Crippen molar-refractivity contribution in [3.05, 3.63) is 12.2 Å². The third-order valence-corrected chi connectivity index (χ3v) is 2.99. The van der Waals surface area contributed by atoms with E-state index in [1.54, 1.807) is 0 Å². The molecule has 1 aliphatic rings. The van der Waals surface area contributed by atoms with E-state index in [0.717, 1.165) is 0 Å². The van der Waals surface area contributed by atoms with Gasteiger partial charge in [-0.3, -0.25) is 0 Å². The van der Waals surface area contributed by atoms with Gasteiger partial charge in [0.05, 0.1) is 0 Å². The van der Waals surface area contributed by atoms with E-state index < -0.39 is 0 Å². The fourth-order valence-electron chi connectivity index (χ4n) is 2.10. The molecule has 1 N–H and O–H groups in total. The molecule has 0 aliphatic carbocycles. The van der Waals surface area contributed by atoms with Crippen molar-refractivity contribution in [2.24, 2.45) is 0 Å². The zero-order chi connectivity index (χ0) is 10.2. The van der Waals surface area contributed by atoms with E-state index >= 15 is 0 Å². The molecule has 1 rings (SSSR count). The summed E-state index contributed by atoms with van der Waals surface area (Å²) in [6.45, 7) is 4.55. The zero-order valence-electron chi connectivity index (χ0n) is 9.76. The minimum Gasteiger partial charge on any atom is -0.308 e. The number of piperidine rings is 1. The predicted molar refractivity (Wildman–Crippen MR) is 63.5 cm³/mol. The first kappa shape index (κ1) is 11.8. The van der Waals surface area contributed by atoms with Crippen molar-refractivity contribution in [2.45, 2.75) is 70.9 Å². The maximum atomic E-state index is 3.62. The number of unbranched alkanes of at least 4 members (excludes halogenated alkanes) is 3. The molecular weight excluding hydrogens is 170 g/mol. The highest BCUT2D eigenvalue weighted by Crippen LogP contribution is 2.13. The molecular formula is C13H25N. The molecule has 2 unspecified atom stereocenters. The Morgan fingerprint density at radius 1 is 1.29 bits per heavy atom. The van der Waals surface area contributed by atoms with Gasteiger partial charge in [0.1, 0.15) is 0 Å². The van der Waals surface area contributed by atoms with Crippen LogP contribution in [0.25, 0.3) is 0 Å². The monoisotopic (exact) mass is 195 g/mol. The Hall–Kier alpha value is -0.300. The lowest BCUT2D eigenvalue weighted by Crippen LogP contribution is -2.39. The Morgan fingerprint density at radius 3 is 2.86 bits per heavy atom. The van der Waals surface area contributed by atoms with Crippen molar-refractivity contribution in [1.29, 1.82) is 0 Å². The molecule has 14 heavy (non-hydrogen) atoms. The van der Waals surface area contributed by atoms with E-state index in [9.17, 15) is 0 Å². The molecule has 0 bridgehead atoms. The molecule has 82 valence electrons. The summed E-state index contributed by atoms with van der Waals surface area (Å²) in [6, 6.07) is 1.37. The molecule has 1 heterocycles. The van der Waals surface area contributed by atoms with E-state index in [0.29, 0.717) is 12.1 Å². The van der Waals surface area contributed by atoms with Crippen LogP contribution < -0.4 is 5.32 Å². The van der Waals surface area contributed by atoms with Crippen LogP contribution in [0.2, 0.25) is 0 Å². The molecule has 0 spiro atoms. The molecule has 0 aromatic carbocycles. The number of rotatable bonds is 5. The zero-order valence-corrected chi connectivity index (χ0v) is 9.76. The summed E-state index contributed by atoms with van der Waals surface area (Å²) < 4.78 is 0. The Morgan fingerprint density at radius 2 is 2.14 bits per heavy atom. The number of allylic oxidation sites excluding steroid dienone is 1. The Labute approximate surface area is 89.0 Å². The van der Waals surface area contributed by atoms with Crippen molar-refractivity contribution in [2.75, 3.05) is 0 Å². The summed E-state index contributed by atoms with van der Waals surface area (Å²) in [5, 5.41) is 3.62. The van der Waals surface area contributed by atoms with Crippen molar-refractivity contribution < 1.29 is 0 Å². The van der Waals surface area contributed by atoms with Crippen molar-refractivity contribution in [3.8, 4) is 0 Å². The summed E-state index contributed by atoms with van der Waals surface area (Å²) in [5.74, 6) is 0. The number of hydrogen-bond acceptors (Lipinski definition) is 1. The molecule has 0 saturated carbocycles. The van der Waals surface area contributed by atoms with Gasteiger partial charge in [-0.15, -0.1) is 0 Å². The van der Waals surface area contributed by atoms with Gasteiger partial charge in [0.25, 0.3) is 0 Å². The van der Waals surface area contributed by atoms with Crippen LogP contribution in [0.4, 0.5) is 0 Å². The average Bonchev–Trinajstić information content (AvgIpc) is 2.18. The van der Waals surface area contributed by atoms with Crippen LogP contribution >= 0.6 is 0 Å². The SMILES string of the molecule is CCCCCC=CC1CCCC(C)N1. The lowest BCUT2D eigenvalue weighted by atomic mass is 9.99. The lowest BCUT2D eigenvalue weighted by molar-refractivity contribution is 0.374. The highest BCUT2D eigenvalue weighted by atomic mass is 14.9. The van der Waals surface area contributed by atoms with Gasteiger partial charge in [-0.1, -0.05) is 38.3 Å². The topological polar surface area (TPSA) is 12.0 Å². The average molecular weight is 195 g/mol. The van der Waals surface area contributed by atoms with E-state index in [4.69, 9.17) is 0 Å². The van der Waals surface area contributed by atoms with Crippen molar-refractivity contribution >= 4 is 0 Å². The van der Waals surface area contributed by atoms with Crippen LogP contribution in [-0.4, -0.2) is 12.1 Å². The van der Waals surface area contributed by atoms with Crippen LogP contribution in [-0.2, 0) is 0 Å². The maximum Gasteiger partial charge on any atom is 0.0252 e. The van der Waals surface area contributed by atoms with Gasteiger partial charge in [-0.25, -0.2) is 0 Å².